The third kappa shape index (κ3) is 5.52. The average Bonchev–Trinajstić information content (AvgIpc) is 2.24. The van der Waals surface area contributed by atoms with Crippen molar-refractivity contribution in [3.05, 3.63) is 33.8 Å². The molecule has 0 radical (unpaired) electrons. The summed E-state index contributed by atoms with van der Waals surface area (Å²) in [5, 5.41) is 2.88. The molecule has 0 aromatic heterocycles. The van der Waals surface area contributed by atoms with Crippen molar-refractivity contribution >= 4 is 34.2 Å². The van der Waals surface area contributed by atoms with Crippen LogP contribution in [0.5, 0.6) is 0 Å². The normalized spacial score (nSPS) is 9.59. The van der Waals surface area contributed by atoms with Crippen molar-refractivity contribution in [3.63, 3.8) is 0 Å². The van der Waals surface area contributed by atoms with E-state index in [4.69, 9.17) is 5.73 Å². The molecule has 0 fully saturated rings. The van der Waals surface area contributed by atoms with Gasteiger partial charge in [0.05, 0.1) is 0 Å². The first-order valence-electron chi connectivity index (χ1n) is 5.39. The van der Waals surface area contributed by atoms with Gasteiger partial charge in [-0.2, -0.15) is 0 Å². The highest BCUT2D eigenvalue weighted by atomic mass is 79.9. The molecule has 1 amide bonds. The SMILES string of the molecule is Cc1cc(Br)ccc1C(=O)NCCCCN.Cl. The highest BCUT2D eigenvalue weighted by Crippen LogP contribution is 2.15. The summed E-state index contributed by atoms with van der Waals surface area (Å²) < 4.78 is 0.990. The van der Waals surface area contributed by atoms with Crippen molar-refractivity contribution < 1.29 is 4.79 Å². The summed E-state index contributed by atoms with van der Waals surface area (Å²) in [6.45, 7) is 3.29. The van der Waals surface area contributed by atoms with Crippen LogP contribution in [0.15, 0.2) is 22.7 Å². The zero-order valence-electron chi connectivity index (χ0n) is 9.83. The number of carbonyl (C=O) groups is 1. The Kier molecular flexibility index (Phi) is 8.21. The van der Waals surface area contributed by atoms with E-state index in [1.165, 1.54) is 0 Å². The van der Waals surface area contributed by atoms with E-state index in [1.54, 1.807) is 0 Å². The number of carbonyl (C=O) groups excluding carboxylic acids is 1. The first kappa shape index (κ1) is 16.4. The molecule has 1 aromatic rings. The van der Waals surface area contributed by atoms with Gasteiger partial charge in [0.15, 0.2) is 0 Å². The van der Waals surface area contributed by atoms with Crippen LogP contribution in [0.25, 0.3) is 0 Å². The fraction of sp³-hybridized carbons (Fsp3) is 0.417. The topological polar surface area (TPSA) is 55.1 Å². The van der Waals surface area contributed by atoms with Crippen LogP contribution in [-0.4, -0.2) is 19.0 Å². The second kappa shape index (κ2) is 8.50. The van der Waals surface area contributed by atoms with Crippen molar-refractivity contribution in [2.24, 2.45) is 5.73 Å². The van der Waals surface area contributed by atoms with Gasteiger partial charge in [-0.15, -0.1) is 12.4 Å². The van der Waals surface area contributed by atoms with Gasteiger partial charge in [-0.1, -0.05) is 15.9 Å². The molecule has 0 saturated heterocycles. The molecule has 3 nitrogen and oxygen atoms in total. The number of benzene rings is 1. The van der Waals surface area contributed by atoms with Crippen LogP contribution in [0.4, 0.5) is 0 Å². The van der Waals surface area contributed by atoms with Gasteiger partial charge in [-0.05, 0) is 50.1 Å². The van der Waals surface area contributed by atoms with Gasteiger partial charge in [-0.25, -0.2) is 0 Å². The maximum atomic E-state index is 11.8. The number of rotatable bonds is 5. The van der Waals surface area contributed by atoms with Gasteiger partial charge in [0.25, 0.3) is 5.91 Å². The molecule has 0 saturated carbocycles. The zero-order valence-corrected chi connectivity index (χ0v) is 12.2. The van der Waals surface area contributed by atoms with Crippen LogP contribution < -0.4 is 11.1 Å². The lowest BCUT2D eigenvalue weighted by Crippen LogP contribution is -2.25. The standard InChI is InChI=1S/C12H17BrN2O.ClH/c1-9-8-10(13)4-5-11(9)12(16)15-7-3-2-6-14;/h4-5,8H,2-3,6-7,14H2,1H3,(H,15,16);1H. The lowest BCUT2D eigenvalue weighted by molar-refractivity contribution is 0.0952. The molecule has 1 aromatic carbocycles. The van der Waals surface area contributed by atoms with Crippen LogP contribution in [0, 0.1) is 6.92 Å². The number of nitrogens with one attached hydrogen (secondary N) is 1. The second-order valence-electron chi connectivity index (χ2n) is 3.71. The lowest BCUT2D eigenvalue weighted by atomic mass is 10.1. The van der Waals surface area contributed by atoms with Gasteiger partial charge in [0.1, 0.15) is 0 Å². The zero-order chi connectivity index (χ0) is 12.0. The van der Waals surface area contributed by atoms with E-state index in [-0.39, 0.29) is 18.3 Å². The number of unbranched alkanes of at least 4 members (excludes halogenated alkanes) is 1. The summed E-state index contributed by atoms with van der Waals surface area (Å²) in [5.74, 6) is -0.0120. The minimum Gasteiger partial charge on any atom is -0.352 e. The molecule has 1 rings (SSSR count). The number of hydrogen-bond acceptors (Lipinski definition) is 2. The third-order valence-corrected chi connectivity index (χ3v) is 2.84. The Hall–Kier alpha value is -0.580. The predicted molar refractivity (Wildman–Crippen MR) is 76.7 cm³/mol. The second-order valence-corrected chi connectivity index (χ2v) is 4.63. The Morgan fingerprint density at radius 2 is 2.12 bits per heavy atom. The van der Waals surface area contributed by atoms with Crippen LogP contribution in [-0.2, 0) is 0 Å². The molecule has 0 heterocycles. The number of hydrogen-bond donors (Lipinski definition) is 2. The number of halogens is 2. The average molecular weight is 322 g/mol. The molecular formula is C12H18BrClN2O. The highest BCUT2D eigenvalue weighted by molar-refractivity contribution is 9.10. The van der Waals surface area contributed by atoms with E-state index in [0.29, 0.717) is 13.1 Å². The van der Waals surface area contributed by atoms with Crippen molar-refractivity contribution in [2.45, 2.75) is 19.8 Å². The molecule has 0 aliphatic carbocycles. The summed E-state index contributed by atoms with van der Waals surface area (Å²) in [6.07, 6.45) is 1.87. The van der Waals surface area contributed by atoms with E-state index < -0.39 is 0 Å². The van der Waals surface area contributed by atoms with E-state index in [2.05, 4.69) is 21.2 Å². The first-order valence-corrected chi connectivity index (χ1v) is 6.19. The molecule has 0 aliphatic rings. The van der Waals surface area contributed by atoms with Crippen molar-refractivity contribution in [3.8, 4) is 0 Å². The third-order valence-electron chi connectivity index (χ3n) is 2.35. The smallest absolute Gasteiger partial charge is 0.251 e. The van der Waals surface area contributed by atoms with E-state index >= 15 is 0 Å². The minimum atomic E-state index is -0.0120. The molecule has 17 heavy (non-hydrogen) atoms. The van der Waals surface area contributed by atoms with E-state index in [9.17, 15) is 4.79 Å². The van der Waals surface area contributed by atoms with Crippen molar-refractivity contribution in [2.75, 3.05) is 13.1 Å². The summed E-state index contributed by atoms with van der Waals surface area (Å²) in [6, 6.07) is 5.65. The monoisotopic (exact) mass is 320 g/mol. The van der Waals surface area contributed by atoms with E-state index in [0.717, 1.165) is 28.4 Å². The number of amides is 1. The molecular weight excluding hydrogens is 304 g/mol. The Morgan fingerprint density at radius 3 is 2.71 bits per heavy atom. The molecule has 3 N–H and O–H groups in total. The van der Waals surface area contributed by atoms with Crippen molar-refractivity contribution in [1.82, 2.24) is 5.32 Å². The number of nitrogens with two attached hydrogens (primary N) is 1. The first-order chi connectivity index (χ1) is 7.65. The van der Waals surface area contributed by atoms with Crippen molar-refractivity contribution in [1.29, 1.82) is 0 Å². The molecule has 5 heteroatoms. The molecule has 0 aliphatic heterocycles. The van der Waals surface area contributed by atoms with Gasteiger partial charge < -0.3 is 11.1 Å². The van der Waals surface area contributed by atoms with Gasteiger partial charge in [-0.3, -0.25) is 4.79 Å². The molecule has 0 bridgehead atoms. The Bertz CT molecular complexity index is 372. The maximum Gasteiger partial charge on any atom is 0.251 e. The predicted octanol–water partition coefficient (Wildman–Crippen LogP) is 2.65. The minimum absolute atomic E-state index is 0. The summed E-state index contributed by atoms with van der Waals surface area (Å²) in [5.41, 5.74) is 7.09. The Balaban J connectivity index is 0.00000256. The largest absolute Gasteiger partial charge is 0.352 e. The fourth-order valence-electron chi connectivity index (χ4n) is 1.45. The fourth-order valence-corrected chi connectivity index (χ4v) is 1.92. The van der Waals surface area contributed by atoms with Gasteiger partial charge >= 0.3 is 0 Å². The van der Waals surface area contributed by atoms with Gasteiger partial charge in [0.2, 0.25) is 0 Å². The number of aryl methyl sites for hydroxylation is 1. The van der Waals surface area contributed by atoms with E-state index in [1.807, 2.05) is 25.1 Å². The molecule has 0 atom stereocenters. The summed E-state index contributed by atoms with van der Waals surface area (Å²) in [4.78, 5) is 11.8. The Labute approximate surface area is 117 Å². The summed E-state index contributed by atoms with van der Waals surface area (Å²) >= 11 is 3.37. The van der Waals surface area contributed by atoms with Crippen LogP contribution >= 0.6 is 28.3 Å². The quantitative estimate of drug-likeness (QED) is 0.819. The molecule has 0 spiro atoms. The Morgan fingerprint density at radius 1 is 1.41 bits per heavy atom. The van der Waals surface area contributed by atoms with Crippen LogP contribution in [0.3, 0.4) is 0 Å². The lowest BCUT2D eigenvalue weighted by Gasteiger charge is -2.07. The van der Waals surface area contributed by atoms with Gasteiger partial charge in [0, 0.05) is 16.6 Å². The van der Waals surface area contributed by atoms with Crippen LogP contribution in [0.1, 0.15) is 28.8 Å². The molecule has 96 valence electrons. The van der Waals surface area contributed by atoms with Crippen LogP contribution in [0.2, 0.25) is 0 Å². The maximum absolute atomic E-state index is 11.8. The highest BCUT2D eigenvalue weighted by Gasteiger charge is 2.07. The summed E-state index contributed by atoms with van der Waals surface area (Å²) in [7, 11) is 0. The molecule has 0 unspecified atom stereocenters.